The molecule has 1 aromatic carbocycles. The monoisotopic (exact) mass is 304 g/mol. The zero-order valence-electron chi connectivity index (χ0n) is 13.1. The molecule has 0 radical (unpaired) electrons. The number of amides is 2. The molecular weight excluding hydrogens is 284 g/mol. The lowest BCUT2D eigenvalue weighted by Crippen LogP contribution is -2.43. The van der Waals surface area contributed by atoms with E-state index in [4.69, 9.17) is 0 Å². The summed E-state index contributed by atoms with van der Waals surface area (Å²) in [5, 5.41) is 5.06. The number of methoxy groups -OCH3 is 1. The van der Waals surface area contributed by atoms with Gasteiger partial charge in [0.2, 0.25) is 0 Å². The van der Waals surface area contributed by atoms with E-state index in [1.165, 1.54) is 7.11 Å². The van der Waals surface area contributed by atoms with E-state index < -0.39 is 23.3 Å². The lowest BCUT2D eigenvalue weighted by atomic mass is 10.1. The molecule has 0 atom stereocenters. The summed E-state index contributed by atoms with van der Waals surface area (Å²) in [4.78, 5) is 35.7. The molecule has 1 aromatic rings. The molecule has 0 aliphatic heterocycles. The van der Waals surface area contributed by atoms with Crippen molar-refractivity contribution in [1.29, 1.82) is 0 Å². The highest BCUT2D eigenvalue weighted by atomic mass is 16.5. The predicted octanol–water partition coefficient (Wildman–Crippen LogP) is 1.39. The average molecular weight is 304 g/mol. The number of rotatable bonds is 4. The molecule has 2 amide bonds. The molecule has 0 saturated carbocycles. The van der Waals surface area contributed by atoms with Gasteiger partial charge in [0.05, 0.1) is 7.11 Å². The number of carbonyl (C=O) groups excluding carboxylic acids is 3. The Morgan fingerprint density at radius 3 is 2.18 bits per heavy atom. The van der Waals surface area contributed by atoms with Gasteiger partial charge in [-0.15, -0.1) is 0 Å². The van der Waals surface area contributed by atoms with Crippen molar-refractivity contribution >= 4 is 17.8 Å². The van der Waals surface area contributed by atoms with Crippen molar-refractivity contribution in [2.24, 2.45) is 0 Å². The van der Waals surface area contributed by atoms with E-state index in [0.717, 1.165) is 6.20 Å². The number of esters is 1. The van der Waals surface area contributed by atoms with Gasteiger partial charge < -0.3 is 15.4 Å². The standard InChI is InChI=1S/C16H20N2O4/c1-16(2,3)18-14(20)12(15(21)22-4)10-17-13(19)11-8-6-5-7-9-11/h5-10H,1-4H3,(H,17,19)(H,18,20)/b12-10-. The van der Waals surface area contributed by atoms with Crippen LogP contribution in [0.5, 0.6) is 0 Å². The highest BCUT2D eigenvalue weighted by Crippen LogP contribution is 2.05. The fraction of sp³-hybridized carbons (Fsp3) is 0.312. The van der Waals surface area contributed by atoms with Crippen molar-refractivity contribution in [2.45, 2.75) is 26.3 Å². The SMILES string of the molecule is COC(=O)/C(=C\NC(=O)c1ccccc1)C(=O)NC(C)(C)C. The van der Waals surface area contributed by atoms with E-state index in [1.54, 1.807) is 51.1 Å². The minimum atomic E-state index is -0.824. The number of hydrogen-bond acceptors (Lipinski definition) is 4. The number of nitrogens with one attached hydrogen (secondary N) is 2. The summed E-state index contributed by atoms with van der Waals surface area (Å²) in [5.74, 6) is -1.87. The Balaban J connectivity index is 2.90. The van der Waals surface area contributed by atoms with E-state index in [0.29, 0.717) is 5.56 Å². The average Bonchev–Trinajstić information content (AvgIpc) is 2.46. The molecule has 0 spiro atoms. The maximum absolute atomic E-state index is 12.1. The molecule has 1 rings (SSSR count). The van der Waals surface area contributed by atoms with Crippen molar-refractivity contribution in [3.63, 3.8) is 0 Å². The summed E-state index contributed by atoms with van der Waals surface area (Å²) >= 11 is 0. The van der Waals surface area contributed by atoms with Crippen molar-refractivity contribution in [1.82, 2.24) is 10.6 Å². The van der Waals surface area contributed by atoms with Crippen molar-refractivity contribution in [3.05, 3.63) is 47.7 Å². The first-order valence-electron chi connectivity index (χ1n) is 6.71. The van der Waals surface area contributed by atoms with Crippen LogP contribution in [-0.2, 0) is 14.3 Å². The molecule has 118 valence electrons. The van der Waals surface area contributed by atoms with Crippen LogP contribution in [0.4, 0.5) is 0 Å². The van der Waals surface area contributed by atoms with E-state index in [-0.39, 0.29) is 5.57 Å². The quantitative estimate of drug-likeness (QED) is 0.381. The zero-order valence-corrected chi connectivity index (χ0v) is 13.1. The number of benzene rings is 1. The lowest BCUT2D eigenvalue weighted by molar-refractivity contribution is -0.138. The Kier molecular flexibility index (Phi) is 5.86. The molecule has 0 aliphatic carbocycles. The van der Waals surface area contributed by atoms with Crippen LogP contribution in [-0.4, -0.2) is 30.4 Å². The number of ether oxygens (including phenoxy) is 1. The second-order valence-electron chi connectivity index (χ2n) is 5.59. The molecule has 0 heterocycles. The summed E-state index contributed by atoms with van der Waals surface area (Å²) in [6.07, 6.45) is 1.06. The summed E-state index contributed by atoms with van der Waals surface area (Å²) in [6, 6.07) is 8.45. The van der Waals surface area contributed by atoms with Crippen LogP contribution in [0, 0.1) is 0 Å². The van der Waals surface area contributed by atoms with Gasteiger partial charge in [0.15, 0.2) is 0 Å². The minimum Gasteiger partial charge on any atom is -0.465 e. The van der Waals surface area contributed by atoms with Crippen LogP contribution in [0.2, 0.25) is 0 Å². The normalized spacial score (nSPS) is 11.5. The smallest absolute Gasteiger partial charge is 0.344 e. The summed E-state index contributed by atoms with van der Waals surface area (Å²) < 4.78 is 4.57. The van der Waals surface area contributed by atoms with Gasteiger partial charge in [-0.2, -0.15) is 0 Å². The van der Waals surface area contributed by atoms with Crippen LogP contribution in [0.3, 0.4) is 0 Å². The molecule has 22 heavy (non-hydrogen) atoms. The molecule has 6 nitrogen and oxygen atoms in total. The number of carbonyl (C=O) groups is 3. The van der Waals surface area contributed by atoms with Gasteiger partial charge in [0.25, 0.3) is 11.8 Å². The van der Waals surface area contributed by atoms with E-state index in [1.807, 2.05) is 0 Å². The van der Waals surface area contributed by atoms with Gasteiger partial charge in [0, 0.05) is 17.3 Å². The predicted molar refractivity (Wildman–Crippen MR) is 81.9 cm³/mol. The maximum atomic E-state index is 12.1. The Morgan fingerprint density at radius 2 is 1.68 bits per heavy atom. The maximum Gasteiger partial charge on any atom is 0.344 e. The van der Waals surface area contributed by atoms with E-state index >= 15 is 0 Å². The van der Waals surface area contributed by atoms with Crippen LogP contribution < -0.4 is 10.6 Å². The second kappa shape index (κ2) is 7.40. The van der Waals surface area contributed by atoms with Crippen molar-refractivity contribution in [2.75, 3.05) is 7.11 Å². The Hall–Kier alpha value is -2.63. The highest BCUT2D eigenvalue weighted by Gasteiger charge is 2.23. The van der Waals surface area contributed by atoms with E-state index in [2.05, 4.69) is 15.4 Å². The fourth-order valence-electron chi connectivity index (χ4n) is 1.55. The first-order valence-corrected chi connectivity index (χ1v) is 6.71. The Labute approximate surface area is 129 Å². The molecule has 0 aromatic heterocycles. The van der Waals surface area contributed by atoms with E-state index in [9.17, 15) is 14.4 Å². The largest absolute Gasteiger partial charge is 0.465 e. The highest BCUT2D eigenvalue weighted by molar-refractivity contribution is 6.16. The Morgan fingerprint density at radius 1 is 1.09 bits per heavy atom. The van der Waals surface area contributed by atoms with Gasteiger partial charge in [-0.1, -0.05) is 18.2 Å². The van der Waals surface area contributed by atoms with Crippen LogP contribution >= 0.6 is 0 Å². The summed E-state index contributed by atoms with van der Waals surface area (Å²) in [5.41, 5.74) is -0.380. The van der Waals surface area contributed by atoms with Crippen LogP contribution in [0.15, 0.2) is 42.1 Å². The molecule has 2 N–H and O–H groups in total. The van der Waals surface area contributed by atoms with Gasteiger partial charge in [-0.25, -0.2) is 4.79 Å². The molecular formula is C16H20N2O4. The molecule has 6 heteroatoms. The number of hydrogen-bond donors (Lipinski definition) is 2. The third kappa shape index (κ3) is 5.40. The molecule has 0 fully saturated rings. The molecule has 0 unspecified atom stereocenters. The molecule has 0 aliphatic rings. The topological polar surface area (TPSA) is 84.5 Å². The van der Waals surface area contributed by atoms with Gasteiger partial charge in [-0.05, 0) is 32.9 Å². The van der Waals surface area contributed by atoms with Crippen LogP contribution in [0.1, 0.15) is 31.1 Å². The van der Waals surface area contributed by atoms with Gasteiger partial charge >= 0.3 is 5.97 Å². The minimum absolute atomic E-state index is 0.276. The lowest BCUT2D eigenvalue weighted by Gasteiger charge is -2.20. The second-order valence-corrected chi connectivity index (χ2v) is 5.59. The Bertz CT molecular complexity index is 586. The summed E-state index contributed by atoms with van der Waals surface area (Å²) in [6.45, 7) is 5.34. The fourth-order valence-corrected chi connectivity index (χ4v) is 1.55. The third-order valence-electron chi connectivity index (χ3n) is 2.52. The van der Waals surface area contributed by atoms with Crippen LogP contribution in [0.25, 0.3) is 0 Å². The third-order valence-corrected chi connectivity index (χ3v) is 2.52. The first-order chi connectivity index (χ1) is 10.2. The molecule has 0 saturated heterocycles. The van der Waals surface area contributed by atoms with Gasteiger partial charge in [0.1, 0.15) is 5.57 Å². The van der Waals surface area contributed by atoms with Crippen molar-refractivity contribution in [3.8, 4) is 0 Å². The molecule has 0 bridgehead atoms. The van der Waals surface area contributed by atoms with Crippen molar-refractivity contribution < 1.29 is 19.1 Å². The zero-order chi connectivity index (χ0) is 16.8. The van der Waals surface area contributed by atoms with Gasteiger partial charge in [-0.3, -0.25) is 9.59 Å². The first kappa shape index (κ1) is 17.4. The summed E-state index contributed by atoms with van der Waals surface area (Å²) in [7, 11) is 1.17.